The van der Waals surface area contributed by atoms with Gasteiger partial charge in [0, 0.05) is 18.1 Å². The maximum Gasteiger partial charge on any atom is 0.335 e. The van der Waals surface area contributed by atoms with Crippen LogP contribution < -0.4 is 17.7 Å². The summed E-state index contributed by atoms with van der Waals surface area (Å²) in [6.07, 6.45) is 0. The van der Waals surface area contributed by atoms with Crippen molar-refractivity contribution in [3.63, 3.8) is 0 Å². The van der Waals surface area contributed by atoms with Crippen LogP contribution in [0.3, 0.4) is 0 Å². The van der Waals surface area contributed by atoms with Crippen LogP contribution in [-0.4, -0.2) is 11.1 Å². The van der Waals surface area contributed by atoms with Gasteiger partial charge in [0.1, 0.15) is 0 Å². The van der Waals surface area contributed by atoms with Gasteiger partial charge in [-0.05, 0) is 35.4 Å². The van der Waals surface area contributed by atoms with Gasteiger partial charge in [0.05, 0.1) is 5.56 Å². The molecule has 0 aliphatic heterocycles. The van der Waals surface area contributed by atoms with Crippen molar-refractivity contribution in [1.82, 2.24) is 5.32 Å². The Balaban J connectivity index is 0.00000200. The summed E-state index contributed by atoms with van der Waals surface area (Å²) in [5.74, 6) is -0.902. The second-order valence-corrected chi connectivity index (χ2v) is 4.67. The highest BCUT2D eigenvalue weighted by Crippen LogP contribution is 2.09. The maximum absolute atomic E-state index is 10.7. The van der Waals surface area contributed by atoms with E-state index in [0.717, 1.165) is 22.7 Å². The zero-order chi connectivity index (χ0) is 13.7. The number of carboxylic acid groups (broad SMARTS) is 1. The second-order valence-electron chi connectivity index (χ2n) is 4.23. The number of halogens is 2. The molecule has 0 aromatic heterocycles. The van der Waals surface area contributed by atoms with Crippen molar-refractivity contribution in [2.75, 3.05) is 0 Å². The Hall–Kier alpha value is -1.55. The van der Waals surface area contributed by atoms with Gasteiger partial charge < -0.3 is 22.8 Å². The van der Waals surface area contributed by atoms with Crippen LogP contribution in [0.15, 0.2) is 48.5 Å². The van der Waals surface area contributed by atoms with Crippen molar-refractivity contribution >= 4 is 17.6 Å². The summed E-state index contributed by atoms with van der Waals surface area (Å²) in [5.41, 5.74) is 2.52. The minimum atomic E-state index is -0.902. The minimum Gasteiger partial charge on any atom is -1.00 e. The monoisotopic (exact) mass is 310 g/mol. The Morgan fingerprint density at radius 2 is 1.40 bits per heavy atom. The fourth-order valence-corrected chi connectivity index (χ4v) is 1.84. The number of benzene rings is 2. The van der Waals surface area contributed by atoms with Gasteiger partial charge in [0.25, 0.3) is 0 Å². The lowest BCUT2D eigenvalue weighted by molar-refractivity contribution is -0.0000193. The van der Waals surface area contributed by atoms with Gasteiger partial charge in [-0.15, -0.1) is 0 Å². The lowest BCUT2D eigenvalue weighted by Gasteiger charge is -2.05. The van der Waals surface area contributed by atoms with Crippen molar-refractivity contribution < 1.29 is 22.3 Å². The topological polar surface area (TPSA) is 49.3 Å². The molecule has 106 valence electrons. The fraction of sp³-hybridized carbons (Fsp3) is 0.133. The van der Waals surface area contributed by atoms with E-state index < -0.39 is 5.97 Å². The van der Waals surface area contributed by atoms with Crippen LogP contribution in [0, 0.1) is 0 Å². The van der Waals surface area contributed by atoms with Gasteiger partial charge in [-0.1, -0.05) is 35.9 Å². The molecular formula is C15H14Cl2NO2-. The molecular weight excluding hydrogens is 297 g/mol. The Bertz CT molecular complexity index is 553. The van der Waals surface area contributed by atoms with Crippen LogP contribution in [0.5, 0.6) is 0 Å². The molecule has 0 radical (unpaired) electrons. The summed E-state index contributed by atoms with van der Waals surface area (Å²) >= 11 is 5.81. The molecule has 0 saturated carbocycles. The van der Waals surface area contributed by atoms with Gasteiger partial charge in [-0.25, -0.2) is 4.79 Å². The molecule has 0 fully saturated rings. The summed E-state index contributed by atoms with van der Waals surface area (Å²) in [4.78, 5) is 10.7. The largest absolute Gasteiger partial charge is 1.00 e. The molecule has 0 aliphatic carbocycles. The summed E-state index contributed by atoms with van der Waals surface area (Å²) in [5, 5.41) is 12.8. The number of carbonyl (C=O) groups is 1. The van der Waals surface area contributed by atoms with Crippen LogP contribution in [0.1, 0.15) is 21.5 Å². The van der Waals surface area contributed by atoms with Gasteiger partial charge in [0.2, 0.25) is 0 Å². The summed E-state index contributed by atoms with van der Waals surface area (Å²) < 4.78 is 0. The van der Waals surface area contributed by atoms with E-state index in [2.05, 4.69) is 5.32 Å². The normalized spacial score (nSPS) is 9.85. The van der Waals surface area contributed by atoms with Crippen molar-refractivity contribution in [2.24, 2.45) is 0 Å². The Labute approximate surface area is 129 Å². The first-order valence-electron chi connectivity index (χ1n) is 5.92. The third-order valence-corrected chi connectivity index (χ3v) is 3.02. The standard InChI is InChI=1S/C15H14ClNO2.ClH/c16-14-7-3-12(4-8-14)10-17-9-11-1-5-13(6-2-11)15(18)19;/h1-8,17H,9-10H2,(H,18,19);1H/p-1. The third kappa shape index (κ3) is 4.85. The molecule has 0 bridgehead atoms. The molecule has 2 aromatic rings. The Morgan fingerprint density at radius 3 is 1.85 bits per heavy atom. The molecule has 0 unspecified atom stereocenters. The second kappa shape index (κ2) is 7.90. The zero-order valence-electron chi connectivity index (χ0n) is 10.6. The molecule has 20 heavy (non-hydrogen) atoms. The van der Waals surface area contributed by atoms with E-state index in [1.54, 1.807) is 12.1 Å². The van der Waals surface area contributed by atoms with Crippen molar-refractivity contribution in [1.29, 1.82) is 0 Å². The van der Waals surface area contributed by atoms with Crippen LogP contribution in [0.4, 0.5) is 0 Å². The highest BCUT2D eigenvalue weighted by Gasteiger charge is 2.01. The molecule has 0 spiro atoms. The van der Waals surface area contributed by atoms with Crippen LogP contribution >= 0.6 is 11.6 Å². The molecule has 0 aliphatic rings. The number of carboxylic acids is 1. The number of rotatable bonds is 5. The summed E-state index contributed by atoms with van der Waals surface area (Å²) in [6, 6.07) is 14.5. The average molecular weight is 311 g/mol. The molecule has 0 saturated heterocycles. The van der Waals surface area contributed by atoms with Gasteiger partial charge in [-0.2, -0.15) is 0 Å². The fourth-order valence-electron chi connectivity index (χ4n) is 1.72. The number of aromatic carboxylic acids is 1. The van der Waals surface area contributed by atoms with E-state index in [9.17, 15) is 4.79 Å². The van der Waals surface area contributed by atoms with E-state index in [0.29, 0.717) is 12.1 Å². The first-order chi connectivity index (χ1) is 9.15. The van der Waals surface area contributed by atoms with Crippen molar-refractivity contribution in [2.45, 2.75) is 13.1 Å². The molecule has 0 heterocycles. The Kier molecular flexibility index (Phi) is 6.52. The SMILES string of the molecule is O=C(O)c1ccc(CNCc2ccc(Cl)cc2)cc1.[Cl-]. The maximum atomic E-state index is 10.7. The van der Waals surface area contributed by atoms with E-state index in [1.165, 1.54) is 0 Å². The quantitative estimate of drug-likeness (QED) is 0.837. The molecule has 2 aromatic carbocycles. The van der Waals surface area contributed by atoms with Gasteiger partial charge in [-0.3, -0.25) is 0 Å². The minimum absolute atomic E-state index is 0. The average Bonchev–Trinajstić information content (AvgIpc) is 2.41. The predicted octanol–water partition coefficient (Wildman–Crippen LogP) is 0.332. The molecule has 3 nitrogen and oxygen atoms in total. The van der Waals surface area contributed by atoms with Crippen LogP contribution in [0.25, 0.3) is 0 Å². The van der Waals surface area contributed by atoms with Crippen LogP contribution in [0.2, 0.25) is 5.02 Å². The first kappa shape index (κ1) is 16.5. The van der Waals surface area contributed by atoms with Gasteiger partial charge in [0.15, 0.2) is 0 Å². The van der Waals surface area contributed by atoms with Crippen LogP contribution in [-0.2, 0) is 13.1 Å². The lowest BCUT2D eigenvalue weighted by atomic mass is 10.1. The lowest BCUT2D eigenvalue weighted by Crippen LogP contribution is -3.00. The number of hydrogen-bond donors (Lipinski definition) is 2. The van der Waals surface area contributed by atoms with Crippen molar-refractivity contribution in [3.05, 3.63) is 70.2 Å². The molecule has 0 atom stereocenters. The highest BCUT2D eigenvalue weighted by atomic mass is 35.5. The molecule has 2 N–H and O–H groups in total. The number of nitrogens with one attached hydrogen (secondary N) is 1. The third-order valence-electron chi connectivity index (χ3n) is 2.77. The smallest absolute Gasteiger partial charge is 0.335 e. The molecule has 2 rings (SSSR count). The highest BCUT2D eigenvalue weighted by molar-refractivity contribution is 6.30. The zero-order valence-corrected chi connectivity index (χ0v) is 12.2. The van der Waals surface area contributed by atoms with E-state index in [1.807, 2.05) is 36.4 Å². The predicted molar refractivity (Wildman–Crippen MR) is 75.4 cm³/mol. The molecule has 5 heteroatoms. The van der Waals surface area contributed by atoms with Gasteiger partial charge >= 0.3 is 5.97 Å². The van der Waals surface area contributed by atoms with E-state index in [4.69, 9.17) is 16.7 Å². The summed E-state index contributed by atoms with van der Waals surface area (Å²) in [6.45, 7) is 1.44. The van der Waals surface area contributed by atoms with Crippen molar-refractivity contribution in [3.8, 4) is 0 Å². The molecule has 0 amide bonds. The first-order valence-corrected chi connectivity index (χ1v) is 6.30. The number of hydrogen-bond acceptors (Lipinski definition) is 2. The summed E-state index contributed by atoms with van der Waals surface area (Å²) in [7, 11) is 0. The van der Waals surface area contributed by atoms with E-state index >= 15 is 0 Å². The Morgan fingerprint density at radius 1 is 0.950 bits per heavy atom. The van der Waals surface area contributed by atoms with E-state index in [-0.39, 0.29) is 12.4 Å².